The number of methoxy groups -OCH3 is 1. The Morgan fingerprint density at radius 1 is 1.20 bits per heavy atom. The number of hydrogen-bond acceptors (Lipinski definition) is 7. The summed E-state index contributed by atoms with van der Waals surface area (Å²) in [5.41, 5.74) is 1.57. The fourth-order valence-electron chi connectivity index (χ4n) is 4.07. The molecule has 0 unspecified atom stereocenters. The number of carbonyl (C=O) groups is 2. The zero-order valence-corrected chi connectivity index (χ0v) is 20.8. The second kappa shape index (κ2) is 10.3. The molecule has 1 aromatic heterocycles. The first-order valence-corrected chi connectivity index (χ1v) is 12.3. The minimum Gasteiger partial charge on any atom is -0.497 e. The molecule has 1 N–H and O–H groups in total. The molecular formula is C25H27N4O5S+. The van der Waals surface area contributed by atoms with Crippen LogP contribution in [-0.2, 0) is 9.59 Å². The summed E-state index contributed by atoms with van der Waals surface area (Å²) in [7, 11) is 1.52. The lowest BCUT2D eigenvalue weighted by Gasteiger charge is -2.32. The Morgan fingerprint density at radius 3 is 2.66 bits per heavy atom. The summed E-state index contributed by atoms with van der Waals surface area (Å²) in [6, 6.07) is 12.1. The summed E-state index contributed by atoms with van der Waals surface area (Å²) < 4.78 is 12.5. The molecule has 10 heteroatoms. The van der Waals surface area contributed by atoms with E-state index in [0.29, 0.717) is 33.4 Å². The van der Waals surface area contributed by atoms with Crippen LogP contribution in [-0.4, -0.2) is 34.8 Å². The molecule has 0 radical (unpaired) electrons. The van der Waals surface area contributed by atoms with Gasteiger partial charge in [0, 0.05) is 24.7 Å². The molecule has 0 saturated carbocycles. The van der Waals surface area contributed by atoms with Gasteiger partial charge in [0.1, 0.15) is 11.5 Å². The van der Waals surface area contributed by atoms with Crippen molar-refractivity contribution in [1.82, 2.24) is 10.1 Å². The zero-order valence-electron chi connectivity index (χ0n) is 20.0. The van der Waals surface area contributed by atoms with E-state index >= 15 is 0 Å². The van der Waals surface area contributed by atoms with Gasteiger partial charge in [-0.1, -0.05) is 37.2 Å². The van der Waals surface area contributed by atoms with E-state index in [2.05, 4.69) is 11.9 Å². The van der Waals surface area contributed by atoms with E-state index < -0.39 is 12.1 Å². The predicted octanol–water partition coefficient (Wildman–Crippen LogP) is 3.46. The van der Waals surface area contributed by atoms with Crippen molar-refractivity contribution in [3.05, 3.63) is 58.4 Å². The monoisotopic (exact) mass is 495 g/mol. The molecule has 3 aromatic rings. The third-order valence-electron chi connectivity index (χ3n) is 5.58. The second-order valence-corrected chi connectivity index (χ2v) is 9.12. The first-order valence-electron chi connectivity index (χ1n) is 11.3. The van der Waals surface area contributed by atoms with Crippen LogP contribution >= 0.6 is 11.8 Å². The van der Waals surface area contributed by atoms with Crippen LogP contribution in [0.15, 0.2) is 52.4 Å². The number of fused-ring (bicyclic) bond motifs is 3. The first-order chi connectivity index (χ1) is 16.8. The summed E-state index contributed by atoms with van der Waals surface area (Å²) in [6.45, 7) is 4.85. The van der Waals surface area contributed by atoms with Gasteiger partial charge < -0.3 is 9.47 Å². The average molecular weight is 496 g/mol. The number of ether oxygens (including phenoxy) is 2. The number of anilines is 1. The van der Waals surface area contributed by atoms with Crippen LogP contribution in [0.2, 0.25) is 0 Å². The van der Waals surface area contributed by atoms with Crippen molar-refractivity contribution < 1.29 is 23.7 Å². The Bertz CT molecular complexity index is 1340. The maximum Gasteiger partial charge on any atom is 0.325 e. The topological polar surface area (TPSA) is 105 Å². The Kier molecular flexibility index (Phi) is 7.20. The summed E-state index contributed by atoms with van der Waals surface area (Å²) in [5.74, 6) is 0.757. The highest BCUT2D eigenvalue weighted by atomic mass is 32.2. The van der Waals surface area contributed by atoms with Gasteiger partial charge in [0.15, 0.2) is 0 Å². The van der Waals surface area contributed by atoms with Gasteiger partial charge in [-0.15, -0.1) is 0 Å². The molecule has 2 aromatic carbocycles. The number of H-pyrrole nitrogens is 1. The largest absolute Gasteiger partial charge is 0.497 e. The molecule has 1 aliphatic heterocycles. The van der Waals surface area contributed by atoms with Crippen molar-refractivity contribution in [3.63, 3.8) is 0 Å². The van der Waals surface area contributed by atoms with Crippen molar-refractivity contribution in [1.29, 1.82) is 0 Å². The highest BCUT2D eigenvalue weighted by molar-refractivity contribution is 7.99. The molecule has 0 fully saturated rings. The van der Waals surface area contributed by atoms with E-state index in [1.807, 2.05) is 0 Å². The molecule has 0 saturated heterocycles. The number of nitrogens with zero attached hydrogens (tertiary/aromatic N) is 3. The van der Waals surface area contributed by atoms with Crippen LogP contribution in [0.1, 0.15) is 45.3 Å². The SMILES string of the molecule is CCCCSc1n[n+]2c(c(=O)[nH]1)-c1ccccc1N(C(C)=O)[C@H]2c1cc(OC)ccc1OC(C)=O. The van der Waals surface area contributed by atoms with Crippen molar-refractivity contribution >= 4 is 29.3 Å². The van der Waals surface area contributed by atoms with Gasteiger partial charge >= 0.3 is 17.2 Å². The average Bonchev–Trinajstić information content (AvgIpc) is 2.83. The van der Waals surface area contributed by atoms with Gasteiger partial charge in [0.05, 0.1) is 23.9 Å². The number of carbonyl (C=O) groups excluding carboxylic acids is 2. The van der Waals surface area contributed by atoms with Gasteiger partial charge in [0.25, 0.3) is 6.17 Å². The Morgan fingerprint density at radius 2 is 1.97 bits per heavy atom. The number of benzene rings is 2. The Labute approximate surface area is 207 Å². The Hall–Kier alpha value is -3.66. The smallest absolute Gasteiger partial charge is 0.325 e. The number of thioether (sulfide) groups is 1. The van der Waals surface area contributed by atoms with Crippen molar-refractivity contribution in [3.8, 4) is 22.8 Å². The quantitative estimate of drug-likeness (QED) is 0.176. The summed E-state index contributed by atoms with van der Waals surface area (Å²) in [4.78, 5) is 42.8. The molecular weight excluding hydrogens is 468 g/mol. The number of rotatable bonds is 7. The Balaban J connectivity index is 2.03. The number of amides is 1. The van der Waals surface area contributed by atoms with Crippen LogP contribution in [0.3, 0.4) is 0 Å². The summed E-state index contributed by atoms with van der Waals surface area (Å²) in [5, 5.41) is 5.20. The van der Waals surface area contributed by atoms with Crippen LogP contribution in [0.5, 0.6) is 11.5 Å². The lowest BCUT2D eigenvalue weighted by Crippen LogP contribution is -2.60. The minimum absolute atomic E-state index is 0.245. The molecule has 182 valence electrons. The molecule has 0 bridgehead atoms. The van der Waals surface area contributed by atoms with Crippen LogP contribution in [0.25, 0.3) is 11.3 Å². The number of para-hydroxylation sites is 1. The molecule has 1 amide bonds. The molecule has 4 rings (SSSR count). The number of aromatic nitrogens is 3. The normalized spacial score (nSPS) is 14.2. The summed E-state index contributed by atoms with van der Waals surface area (Å²) in [6.07, 6.45) is 1.09. The molecule has 9 nitrogen and oxygen atoms in total. The number of nitrogens with one attached hydrogen (secondary N) is 1. The highest BCUT2D eigenvalue weighted by Crippen LogP contribution is 2.40. The number of hydrogen-bond donors (Lipinski definition) is 1. The van der Waals surface area contributed by atoms with Gasteiger partial charge in [-0.05, 0) is 41.4 Å². The van der Waals surface area contributed by atoms with E-state index in [9.17, 15) is 14.4 Å². The van der Waals surface area contributed by atoms with Gasteiger partial charge in [-0.25, -0.2) is 4.90 Å². The maximum atomic E-state index is 13.4. The number of esters is 1. The van der Waals surface area contributed by atoms with Crippen LogP contribution < -0.4 is 24.6 Å². The summed E-state index contributed by atoms with van der Waals surface area (Å²) >= 11 is 1.44. The van der Waals surface area contributed by atoms with E-state index in [1.54, 1.807) is 52.0 Å². The first kappa shape index (κ1) is 24.5. The van der Waals surface area contributed by atoms with Crippen molar-refractivity contribution in [2.45, 2.75) is 44.9 Å². The third-order valence-corrected chi connectivity index (χ3v) is 6.53. The van der Waals surface area contributed by atoms with Gasteiger partial charge in [-0.2, -0.15) is 0 Å². The van der Waals surface area contributed by atoms with E-state index in [-0.39, 0.29) is 17.2 Å². The second-order valence-electron chi connectivity index (χ2n) is 8.03. The highest BCUT2D eigenvalue weighted by Gasteiger charge is 2.46. The number of aromatic amines is 1. The lowest BCUT2D eigenvalue weighted by atomic mass is 10.0. The number of unbranched alkanes of at least 4 members (excludes halogenated alkanes) is 1. The van der Waals surface area contributed by atoms with Crippen molar-refractivity contribution in [2.75, 3.05) is 17.8 Å². The van der Waals surface area contributed by atoms with Crippen molar-refractivity contribution in [2.24, 2.45) is 0 Å². The van der Waals surface area contributed by atoms with E-state index in [4.69, 9.17) is 14.6 Å². The van der Waals surface area contributed by atoms with Crippen LogP contribution in [0.4, 0.5) is 5.69 Å². The predicted molar refractivity (Wildman–Crippen MR) is 132 cm³/mol. The lowest BCUT2D eigenvalue weighted by molar-refractivity contribution is -0.763. The molecule has 0 aliphatic carbocycles. The maximum absolute atomic E-state index is 13.4. The fraction of sp³-hybridized carbons (Fsp3) is 0.320. The van der Waals surface area contributed by atoms with E-state index in [1.165, 1.54) is 32.7 Å². The fourth-order valence-corrected chi connectivity index (χ4v) is 5.01. The minimum atomic E-state index is -0.894. The zero-order chi connectivity index (χ0) is 25.1. The molecule has 0 spiro atoms. The van der Waals surface area contributed by atoms with Crippen LogP contribution in [0, 0.1) is 0 Å². The molecule has 1 aliphatic rings. The van der Waals surface area contributed by atoms with Gasteiger partial charge in [-0.3, -0.25) is 19.4 Å². The van der Waals surface area contributed by atoms with Gasteiger partial charge in [0.2, 0.25) is 11.1 Å². The van der Waals surface area contributed by atoms with E-state index in [0.717, 1.165) is 18.6 Å². The molecule has 1 atom stereocenters. The molecule has 2 heterocycles. The third kappa shape index (κ3) is 4.79. The standard InChI is InChI=1S/C25H26N4O5S/c1-5-6-13-35-25-26-23(32)22-18-9-7-8-10-20(18)28(15(2)30)24(29(22)27-25)19-14-17(33-4)11-12-21(19)34-16(3)31/h7-12,14,24H,5-6,13H2,1-4H3/p+1/t24-/m1/s1. The molecule has 35 heavy (non-hydrogen) atoms.